The SMILES string of the molecule is COC(=O)c1ccc(OCCCOc2ccc(-c3nc(N)nc(N)c3C#N)cc2)cc1. The molecule has 0 radical (unpaired) electrons. The van der Waals surface area contributed by atoms with E-state index in [0.717, 1.165) is 0 Å². The zero-order chi connectivity index (χ0) is 22.2. The van der Waals surface area contributed by atoms with Gasteiger partial charge in [-0.3, -0.25) is 0 Å². The summed E-state index contributed by atoms with van der Waals surface area (Å²) in [6.45, 7) is 0.914. The first-order valence-electron chi connectivity index (χ1n) is 9.39. The molecule has 0 aliphatic heterocycles. The molecule has 0 spiro atoms. The Kier molecular flexibility index (Phi) is 6.85. The molecule has 0 unspecified atom stereocenters. The number of hydrogen-bond donors (Lipinski definition) is 2. The van der Waals surface area contributed by atoms with Crippen LogP contribution in [0, 0.1) is 11.3 Å². The van der Waals surface area contributed by atoms with Gasteiger partial charge in [0.1, 0.15) is 28.9 Å². The molecule has 2 aromatic carbocycles. The lowest BCUT2D eigenvalue weighted by Crippen LogP contribution is -2.06. The Bertz CT molecular complexity index is 1090. The van der Waals surface area contributed by atoms with Crippen molar-refractivity contribution in [2.75, 3.05) is 31.8 Å². The number of carbonyl (C=O) groups is 1. The molecule has 0 aliphatic rings. The quantitative estimate of drug-likeness (QED) is 0.415. The molecule has 0 saturated heterocycles. The van der Waals surface area contributed by atoms with E-state index in [-0.39, 0.29) is 23.3 Å². The van der Waals surface area contributed by atoms with Crippen LogP contribution in [0.4, 0.5) is 11.8 Å². The summed E-state index contributed by atoms with van der Waals surface area (Å²) < 4.78 is 16.0. The van der Waals surface area contributed by atoms with Crippen LogP contribution >= 0.6 is 0 Å². The highest BCUT2D eigenvalue weighted by molar-refractivity contribution is 5.89. The van der Waals surface area contributed by atoms with Gasteiger partial charge in [0.15, 0.2) is 0 Å². The largest absolute Gasteiger partial charge is 0.493 e. The minimum atomic E-state index is -0.388. The van der Waals surface area contributed by atoms with Crippen LogP contribution in [0.15, 0.2) is 48.5 Å². The molecule has 158 valence electrons. The van der Waals surface area contributed by atoms with Gasteiger partial charge in [0, 0.05) is 12.0 Å². The van der Waals surface area contributed by atoms with E-state index in [4.69, 9.17) is 20.9 Å². The fourth-order valence-corrected chi connectivity index (χ4v) is 2.77. The smallest absolute Gasteiger partial charge is 0.337 e. The van der Waals surface area contributed by atoms with E-state index in [2.05, 4.69) is 14.7 Å². The molecule has 0 bridgehead atoms. The molecule has 9 nitrogen and oxygen atoms in total. The lowest BCUT2D eigenvalue weighted by atomic mass is 10.1. The van der Waals surface area contributed by atoms with Crippen molar-refractivity contribution in [1.29, 1.82) is 5.26 Å². The van der Waals surface area contributed by atoms with Crippen LogP contribution < -0.4 is 20.9 Å². The maximum absolute atomic E-state index is 11.4. The van der Waals surface area contributed by atoms with Crippen molar-refractivity contribution in [3.05, 3.63) is 59.7 Å². The minimum Gasteiger partial charge on any atom is -0.493 e. The highest BCUT2D eigenvalue weighted by atomic mass is 16.5. The fraction of sp³-hybridized carbons (Fsp3) is 0.182. The molecule has 0 fully saturated rings. The lowest BCUT2D eigenvalue weighted by Gasteiger charge is -2.10. The van der Waals surface area contributed by atoms with E-state index < -0.39 is 0 Å². The van der Waals surface area contributed by atoms with Gasteiger partial charge in [0.05, 0.1) is 31.6 Å². The van der Waals surface area contributed by atoms with Gasteiger partial charge in [-0.1, -0.05) is 0 Å². The number of carbonyl (C=O) groups excluding carboxylic acids is 1. The number of nitrogens with zero attached hydrogens (tertiary/aromatic N) is 3. The molecule has 3 aromatic rings. The van der Waals surface area contributed by atoms with Crippen molar-refractivity contribution in [2.45, 2.75) is 6.42 Å². The van der Waals surface area contributed by atoms with Gasteiger partial charge in [-0.2, -0.15) is 10.2 Å². The topological polar surface area (TPSA) is 146 Å². The van der Waals surface area contributed by atoms with Crippen molar-refractivity contribution >= 4 is 17.7 Å². The Morgan fingerprint density at radius 1 is 0.968 bits per heavy atom. The van der Waals surface area contributed by atoms with Crippen LogP contribution in [0.5, 0.6) is 11.5 Å². The number of ether oxygens (including phenoxy) is 3. The molecule has 1 heterocycles. The third-order valence-electron chi connectivity index (χ3n) is 4.30. The molecule has 3 rings (SSSR count). The predicted octanol–water partition coefficient (Wildman–Crippen LogP) is 2.81. The number of hydrogen-bond acceptors (Lipinski definition) is 9. The number of benzene rings is 2. The van der Waals surface area contributed by atoms with E-state index in [0.29, 0.717) is 48.0 Å². The second-order valence-corrected chi connectivity index (χ2v) is 6.39. The summed E-state index contributed by atoms with van der Waals surface area (Å²) in [4.78, 5) is 19.3. The summed E-state index contributed by atoms with van der Waals surface area (Å²) in [5, 5.41) is 9.30. The third-order valence-corrected chi connectivity index (χ3v) is 4.30. The number of anilines is 2. The maximum atomic E-state index is 11.4. The molecule has 31 heavy (non-hydrogen) atoms. The van der Waals surface area contributed by atoms with Crippen LogP contribution in [-0.2, 0) is 4.74 Å². The molecule has 4 N–H and O–H groups in total. The van der Waals surface area contributed by atoms with E-state index >= 15 is 0 Å². The number of nitrogen functional groups attached to an aromatic ring is 2. The maximum Gasteiger partial charge on any atom is 0.337 e. The van der Waals surface area contributed by atoms with Crippen molar-refractivity contribution < 1.29 is 19.0 Å². The highest BCUT2D eigenvalue weighted by Gasteiger charge is 2.13. The molecular weight excluding hydrogens is 398 g/mol. The van der Waals surface area contributed by atoms with Gasteiger partial charge in [0.25, 0.3) is 0 Å². The number of aromatic nitrogens is 2. The average molecular weight is 419 g/mol. The van der Waals surface area contributed by atoms with Gasteiger partial charge in [-0.15, -0.1) is 0 Å². The van der Waals surface area contributed by atoms with Gasteiger partial charge >= 0.3 is 5.97 Å². The molecule has 0 atom stereocenters. The zero-order valence-corrected chi connectivity index (χ0v) is 16.9. The Hall–Kier alpha value is -4.32. The second-order valence-electron chi connectivity index (χ2n) is 6.39. The number of esters is 1. The first-order chi connectivity index (χ1) is 15.0. The Morgan fingerprint density at radius 2 is 1.55 bits per heavy atom. The third kappa shape index (κ3) is 5.39. The van der Waals surface area contributed by atoms with E-state index in [1.807, 2.05) is 6.07 Å². The number of rotatable bonds is 8. The van der Waals surface area contributed by atoms with Gasteiger partial charge in [0.2, 0.25) is 5.95 Å². The van der Waals surface area contributed by atoms with E-state index in [9.17, 15) is 10.1 Å². The average Bonchev–Trinajstić information content (AvgIpc) is 2.78. The predicted molar refractivity (Wildman–Crippen MR) is 114 cm³/mol. The Morgan fingerprint density at radius 3 is 2.10 bits per heavy atom. The summed E-state index contributed by atoms with van der Waals surface area (Å²) in [6.07, 6.45) is 0.665. The molecule has 1 aromatic heterocycles. The Balaban J connectivity index is 1.49. The second kappa shape index (κ2) is 9.93. The summed E-state index contributed by atoms with van der Waals surface area (Å²) in [7, 11) is 1.34. The normalized spacial score (nSPS) is 10.2. The number of nitrogens with two attached hydrogens (primary N) is 2. The van der Waals surface area contributed by atoms with Crippen LogP contribution in [0.3, 0.4) is 0 Å². The van der Waals surface area contributed by atoms with Gasteiger partial charge in [-0.05, 0) is 48.5 Å². The molecule has 0 aliphatic carbocycles. The van der Waals surface area contributed by atoms with Crippen molar-refractivity contribution in [3.63, 3.8) is 0 Å². The van der Waals surface area contributed by atoms with Gasteiger partial charge < -0.3 is 25.7 Å². The van der Waals surface area contributed by atoms with Crippen molar-refractivity contribution in [1.82, 2.24) is 9.97 Å². The van der Waals surface area contributed by atoms with Crippen LogP contribution in [-0.4, -0.2) is 36.3 Å². The van der Waals surface area contributed by atoms with Crippen LogP contribution in [0.25, 0.3) is 11.3 Å². The summed E-state index contributed by atoms with van der Waals surface area (Å²) in [6, 6.07) is 15.8. The van der Waals surface area contributed by atoms with E-state index in [1.165, 1.54) is 7.11 Å². The molecule has 9 heteroatoms. The summed E-state index contributed by atoms with van der Waals surface area (Å²) >= 11 is 0. The standard InChI is InChI=1S/C22H21N5O4/c1-29-21(28)15-5-9-17(10-6-15)31-12-2-11-30-16-7-3-14(4-8-16)19-18(13-23)20(24)27-22(25)26-19/h3-10H,2,11-12H2,1H3,(H4,24,25,26,27). The number of methoxy groups -OCH3 is 1. The fourth-order valence-electron chi connectivity index (χ4n) is 2.77. The minimum absolute atomic E-state index is 0.00626. The first kappa shape index (κ1) is 21.4. The number of nitriles is 1. The Labute approximate surface area is 179 Å². The first-order valence-corrected chi connectivity index (χ1v) is 9.39. The van der Waals surface area contributed by atoms with Crippen LogP contribution in [0.1, 0.15) is 22.3 Å². The molecule has 0 amide bonds. The van der Waals surface area contributed by atoms with Crippen molar-refractivity contribution in [2.24, 2.45) is 0 Å². The van der Waals surface area contributed by atoms with Crippen LogP contribution in [0.2, 0.25) is 0 Å². The lowest BCUT2D eigenvalue weighted by molar-refractivity contribution is 0.0600. The summed E-state index contributed by atoms with van der Waals surface area (Å²) in [5.74, 6) is 0.992. The van der Waals surface area contributed by atoms with Crippen molar-refractivity contribution in [3.8, 4) is 28.8 Å². The van der Waals surface area contributed by atoms with Gasteiger partial charge in [-0.25, -0.2) is 9.78 Å². The highest BCUT2D eigenvalue weighted by Crippen LogP contribution is 2.27. The monoisotopic (exact) mass is 419 g/mol. The molecule has 0 saturated carbocycles. The molecular formula is C22H21N5O4. The summed E-state index contributed by atoms with van der Waals surface area (Å²) in [5.41, 5.74) is 13.1. The zero-order valence-electron chi connectivity index (χ0n) is 16.9. The van der Waals surface area contributed by atoms with E-state index in [1.54, 1.807) is 48.5 Å².